The number of carbonyl (C=O) groups excluding carboxylic acids is 2. The molecule has 4 N–H and O–H groups in total. The van der Waals surface area contributed by atoms with Crippen LogP contribution in [0.4, 0.5) is 4.79 Å². The quantitative estimate of drug-likeness (QED) is 0.537. The van der Waals surface area contributed by atoms with Crippen LogP contribution in [-0.2, 0) is 9.53 Å². The Morgan fingerprint density at radius 2 is 2.06 bits per heavy atom. The molecule has 94 valence electrons. The molecule has 0 heterocycles. The lowest BCUT2D eigenvalue weighted by atomic mass is 10.1. The second kappa shape index (κ2) is 7.92. The van der Waals surface area contributed by atoms with Gasteiger partial charge in [0.05, 0.1) is 0 Å². The van der Waals surface area contributed by atoms with E-state index in [1.54, 1.807) is 0 Å². The summed E-state index contributed by atoms with van der Waals surface area (Å²) >= 11 is 0. The van der Waals surface area contributed by atoms with E-state index in [9.17, 15) is 9.59 Å². The molecule has 0 bridgehead atoms. The van der Waals surface area contributed by atoms with Crippen LogP contribution in [0.1, 0.15) is 26.7 Å². The molecule has 0 aromatic heterocycles. The van der Waals surface area contributed by atoms with E-state index < -0.39 is 12.2 Å². The molecule has 0 saturated heterocycles. The number of rotatable bonds is 7. The molecule has 0 aliphatic carbocycles. The predicted molar refractivity (Wildman–Crippen MR) is 58.6 cm³/mol. The lowest BCUT2D eigenvalue weighted by Gasteiger charge is -2.17. The van der Waals surface area contributed by atoms with E-state index in [1.165, 1.54) is 0 Å². The number of nitrogens with one attached hydrogen (secondary N) is 1. The maximum Gasteiger partial charge on any atom is 0.405 e. The van der Waals surface area contributed by atoms with E-state index in [1.807, 2.05) is 13.8 Å². The summed E-state index contributed by atoms with van der Waals surface area (Å²) < 4.78 is 4.72. The molecule has 0 rings (SSSR count). The zero-order chi connectivity index (χ0) is 12.6. The van der Waals surface area contributed by atoms with Crippen molar-refractivity contribution >= 4 is 12.0 Å². The predicted octanol–water partition coefficient (Wildman–Crippen LogP) is -0.00500. The molecule has 0 saturated carbocycles. The third kappa shape index (κ3) is 7.05. The van der Waals surface area contributed by atoms with E-state index >= 15 is 0 Å². The summed E-state index contributed by atoms with van der Waals surface area (Å²) in [5, 5.41) is 11.1. The molecular formula is C10H20N2O4. The SMILES string of the molecule is CC(C)C[C@H](OC(N)=O)C(=O)NCCCO. The van der Waals surface area contributed by atoms with Crippen molar-refractivity contribution in [2.75, 3.05) is 13.2 Å². The minimum absolute atomic E-state index is 0.00576. The van der Waals surface area contributed by atoms with Gasteiger partial charge in [0.2, 0.25) is 0 Å². The van der Waals surface area contributed by atoms with Gasteiger partial charge < -0.3 is 20.9 Å². The van der Waals surface area contributed by atoms with Gasteiger partial charge in [0, 0.05) is 13.2 Å². The van der Waals surface area contributed by atoms with Gasteiger partial charge in [0.1, 0.15) is 0 Å². The van der Waals surface area contributed by atoms with E-state index in [0.29, 0.717) is 19.4 Å². The Morgan fingerprint density at radius 3 is 2.50 bits per heavy atom. The molecule has 0 fully saturated rings. The first-order valence-corrected chi connectivity index (χ1v) is 5.32. The molecule has 0 spiro atoms. The highest BCUT2D eigenvalue weighted by Crippen LogP contribution is 2.08. The highest BCUT2D eigenvalue weighted by molar-refractivity contribution is 5.83. The maximum atomic E-state index is 11.6. The smallest absolute Gasteiger partial charge is 0.405 e. The molecule has 0 radical (unpaired) electrons. The van der Waals surface area contributed by atoms with E-state index in [0.717, 1.165) is 0 Å². The number of amides is 2. The monoisotopic (exact) mass is 232 g/mol. The van der Waals surface area contributed by atoms with Crippen LogP contribution in [-0.4, -0.2) is 36.4 Å². The number of carbonyl (C=O) groups is 2. The summed E-state index contributed by atoms with van der Waals surface area (Å²) in [6.45, 7) is 4.19. The Hall–Kier alpha value is -1.30. The summed E-state index contributed by atoms with van der Waals surface area (Å²) in [6, 6.07) is 0. The molecular weight excluding hydrogens is 212 g/mol. The average Bonchev–Trinajstić information content (AvgIpc) is 2.15. The van der Waals surface area contributed by atoms with Gasteiger partial charge in [-0.2, -0.15) is 0 Å². The summed E-state index contributed by atoms with van der Waals surface area (Å²) in [6.07, 6.45) is -0.913. The van der Waals surface area contributed by atoms with Gasteiger partial charge in [-0.05, 0) is 18.8 Å². The normalized spacial score (nSPS) is 12.2. The lowest BCUT2D eigenvalue weighted by molar-refractivity contribution is -0.130. The fraction of sp³-hybridized carbons (Fsp3) is 0.800. The van der Waals surface area contributed by atoms with E-state index in [4.69, 9.17) is 15.6 Å². The zero-order valence-corrected chi connectivity index (χ0v) is 9.73. The van der Waals surface area contributed by atoms with Crippen molar-refractivity contribution in [3.63, 3.8) is 0 Å². The largest absolute Gasteiger partial charge is 0.436 e. The van der Waals surface area contributed by atoms with Crippen LogP contribution in [0.5, 0.6) is 0 Å². The summed E-state index contributed by atoms with van der Waals surface area (Å²) in [5.74, 6) is -0.158. The van der Waals surface area contributed by atoms with Crippen molar-refractivity contribution in [3.8, 4) is 0 Å². The van der Waals surface area contributed by atoms with Crippen molar-refractivity contribution in [1.82, 2.24) is 5.32 Å². The van der Waals surface area contributed by atoms with Gasteiger partial charge in [-0.1, -0.05) is 13.8 Å². The zero-order valence-electron chi connectivity index (χ0n) is 9.73. The Morgan fingerprint density at radius 1 is 1.44 bits per heavy atom. The summed E-state index contributed by atoms with van der Waals surface area (Å²) in [4.78, 5) is 22.2. The second-order valence-electron chi connectivity index (χ2n) is 3.92. The molecule has 0 aliphatic rings. The first-order chi connectivity index (χ1) is 7.47. The van der Waals surface area contributed by atoms with Gasteiger partial charge in [-0.3, -0.25) is 4.79 Å². The van der Waals surface area contributed by atoms with Crippen LogP contribution in [0.3, 0.4) is 0 Å². The Balaban J connectivity index is 4.15. The fourth-order valence-corrected chi connectivity index (χ4v) is 1.18. The van der Waals surface area contributed by atoms with Crippen molar-refractivity contribution in [2.24, 2.45) is 11.7 Å². The molecule has 16 heavy (non-hydrogen) atoms. The van der Waals surface area contributed by atoms with Gasteiger partial charge >= 0.3 is 6.09 Å². The molecule has 0 aliphatic heterocycles. The molecule has 6 nitrogen and oxygen atoms in total. The average molecular weight is 232 g/mol. The highest BCUT2D eigenvalue weighted by atomic mass is 16.6. The molecule has 0 aromatic carbocycles. The number of nitrogens with two attached hydrogens (primary N) is 1. The van der Waals surface area contributed by atoms with Crippen molar-refractivity contribution in [1.29, 1.82) is 0 Å². The minimum atomic E-state index is -0.956. The fourth-order valence-electron chi connectivity index (χ4n) is 1.18. The number of ether oxygens (including phenoxy) is 1. The van der Waals surface area contributed by atoms with Crippen molar-refractivity contribution < 1.29 is 19.4 Å². The van der Waals surface area contributed by atoms with E-state index in [-0.39, 0.29) is 18.4 Å². The van der Waals surface area contributed by atoms with Crippen LogP contribution in [0, 0.1) is 5.92 Å². The third-order valence-electron chi connectivity index (χ3n) is 1.87. The van der Waals surface area contributed by atoms with Crippen molar-refractivity contribution in [3.05, 3.63) is 0 Å². The number of primary amides is 1. The second-order valence-corrected chi connectivity index (χ2v) is 3.92. The van der Waals surface area contributed by atoms with Gasteiger partial charge in [0.15, 0.2) is 6.10 Å². The van der Waals surface area contributed by atoms with E-state index in [2.05, 4.69) is 5.32 Å². The molecule has 1 atom stereocenters. The summed E-state index contributed by atoms with van der Waals surface area (Å²) in [7, 11) is 0. The van der Waals surface area contributed by atoms with Crippen LogP contribution in [0.25, 0.3) is 0 Å². The first-order valence-electron chi connectivity index (χ1n) is 5.32. The van der Waals surface area contributed by atoms with Crippen LogP contribution in [0.2, 0.25) is 0 Å². The molecule has 0 unspecified atom stereocenters. The summed E-state index contributed by atoms with van der Waals surface area (Å²) in [5.41, 5.74) is 4.88. The minimum Gasteiger partial charge on any atom is -0.436 e. The standard InChI is InChI=1S/C10H20N2O4/c1-7(2)6-8(16-10(11)15)9(14)12-4-3-5-13/h7-8,13H,3-6H2,1-2H3,(H2,11,15)(H,12,14)/t8-/m0/s1. The third-order valence-corrected chi connectivity index (χ3v) is 1.87. The number of hydrogen-bond donors (Lipinski definition) is 3. The topological polar surface area (TPSA) is 102 Å². The number of aliphatic hydroxyl groups excluding tert-OH is 1. The van der Waals surface area contributed by atoms with Gasteiger partial charge in [-0.15, -0.1) is 0 Å². The van der Waals surface area contributed by atoms with Crippen LogP contribution >= 0.6 is 0 Å². The molecule has 2 amide bonds. The highest BCUT2D eigenvalue weighted by Gasteiger charge is 2.22. The lowest BCUT2D eigenvalue weighted by Crippen LogP contribution is -2.40. The van der Waals surface area contributed by atoms with Crippen LogP contribution in [0.15, 0.2) is 0 Å². The van der Waals surface area contributed by atoms with Crippen molar-refractivity contribution in [2.45, 2.75) is 32.8 Å². The number of hydrogen-bond acceptors (Lipinski definition) is 4. The Kier molecular flexibility index (Phi) is 7.28. The van der Waals surface area contributed by atoms with Crippen LogP contribution < -0.4 is 11.1 Å². The maximum absolute atomic E-state index is 11.6. The Labute approximate surface area is 95.1 Å². The van der Waals surface area contributed by atoms with Gasteiger partial charge in [0.25, 0.3) is 5.91 Å². The molecule has 0 aromatic rings. The number of aliphatic hydroxyl groups is 1. The Bertz CT molecular complexity index is 231. The first kappa shape index (κ1) is 14.7. The molecule has 6 heteroatoms. The van der Waals surface area contributed by atoms with Gasteiger partial charge in [-0.25, -0.2) is 4.79 Å².